The molecule has 1 heterocycles. The van der Waals surface area contributed by atoms with Crippen LogP contribution in [-0.2, 0) is 4.74 Å². The van der Waals surface area contributed by atoms with E-state index in [2.05, 4.69) is 6.08 Å². The van der Waals surface area contributed by atoms with Crippen LogP contribution in [0.2, 0.25) is 0 Å². The van der Waals surface area contributed by atoms with Crippen LogP contribution in [0.1, 0.15) is 38.5 Å². The molecule has 1 fully saturated rings. The van der Waals surface area contributed by atoms with Gasteiger partial charge in [0.05, 0.1) is 6.26 Å². The van der Waals surface area contributed by atoms with Crippen LogP contribution in [0.3, 0.4) is 0 Å². The van der Waals surface area contributed by atoms with E-state index in [0.29, 0.717) is 6.10 Å². The molecule has 0 aromatic carbocycles. The number of rotatable bonds is 1. The van der Waals surface area contributed by atoms with Crippen LogP contribution in [0.5, 0.6) is 0 Å². The van der Waals surface area contributed by atoms with Crippen molar-refractivity contribution in [3.8, 4) is 0 Å². The molecule has 1 heteroatoms. The summed E-state index contributed by atoms with van der Waals surface area (Å²) in [7, 11) is 0. The van der Waals surface area contributed by atoms with Gasteiger partial charge in [-0.05, 0) is 24.8 Å². The van der Waals surface area contributed by atoms with E-state index in [0.717, 1.165) is 12.3 Å². The van der Waals surface area contributed by atoms with Crippen LogP contribution in [0.4, 0.5) is 0 Å². The quantitative estimate of drug-likeness (QED) is 0.561. The van der Waals surface area contributed by atoms with Crippen molar-refractivity contribution in [1.82, 2.24) is 0 Å². The van der Waals surface area contributed by atoms with Crippen molar-refractivity contribution in [2.75, 3.05) is 0 Å². The highest BCUT2D eigenvalue weighted by Crippen LogP contribution is 2.31. The predicted molar refractivity (Wildman–Crippen MR) is 45.2 cm³/mol. The highest BCUT2D eigenvalue weighted by Gasteiger charge is 2.25. The van der Waals surface area contributed by atoms with Crippen molar-refractivity contribution in [2.45, 2.75) is 44.6 Å². The Morgan fingerprint density at radius 1 is 1.09 bits per heavy atom. The molecule has 0 spiro atoms. The Morgan fingerprint density at radius 2 is 1.91 bits per heavy atom. The second-order valence-corrected chi connectivity index (χ2v) is 3.68. The van der Waals surface area contributed by atoms with Gasteiger partial charge in [0.25, 0.3) is 0 Å². The molecule has 0 amide bonds. The Bertz CT molecular complexity index is 137. The van der Waals surface area contributed by atoms with Crippen molar-refractivity contribution < 1.29 is 4.74 Å². The summed E-state index contributed by atoms with van der Waals surface area (Å²) in [6.07, 6.45) is 12.8. The molecule has 1 nitrogen and oxygen atoms in total. The summed E-state index contributed by atoms with van der Waals surface area (Å²) >= 11 is 0. The number of hydrogen-bond acceptors (Lipinski definition) is 1. The minimum Gasteiger partial charge on any atom is -0.498 e. The summed E-state index contributed by atoms with van der Waals surface area (Å²) in [5.74, 6) is 0.860. The summed E-state index contributed by atoms with van der Waals surface area (Å²) in [6.45, 7) is 0. The molecule has 1 atom stereocenters. The zero-order valence-corrected chi connectivity index (χ0v) is 6.96. The van der Waals surface area contributed by atoms with Crippen molar-refractivity contribution in [3.05, 3.63) is 12.3 Å². The van der Waals surface area contributed by atoms with Gasteiger partial charge in [-0.15, -0.1) is 0 Å². The van der Waals surface area contributed by atoms with Gasteiger partial charge in [-0.25, -0.2) is 0 Å². The fourth-order valence-corrected chi connectivity index (χ4v) is 2.21. The van der Waals surface area contributed by atoms with E-state index in [1.807, 2.05) is 6.26 Å². The van der Waals surface area contributed by atoms with Crippen molar-refractivity contribution >= 4 is 0 Å². The number of ether oxygens (including phenoxy) is 1. The van der Waals surface area contributed by atoms with Gasteiger partial charge in [0.2, 0.25) is 0 Å². The van der Waals surface area contributed by atoms with Crippen molar-refractivity contribution in [1.29, 1.82) is 0 Å². The lowest BCUT2D eigenvalue weighted by Crippen LogP contribution is -2.21. The van der Waals surface area contributed by atoms with Gasteiger partial charge in [0.15, 0.2) is 0 Å². The third-order valence-electron chi connectivity index (χ3n) is 2.89. The fourth-order valence-electron chi connectivity index (χ4n) is 2.21. The summed E-state index contributed by atoms with van der Waals surface area (Å²) < 4.78 is 5.51. The van der Waals surface area contributed by atoms with Crippen molar-refractivity contribution in [3.63, 3.8) is 0 Å². The molecule has 0 aromatic heterocycles. The van der Waals surface area contributed by atoms with Crippen LogP contribution >= 0.6 is 0 Å². The topological polar surface area (TPSA) is 9.23 Å². The Labute approximate surface area is 68.4 Å². The summed E-state index contributed by atoms with van der Waals surface area (Å²) in [5, 5.41) is 0. The SMILES string of the molecule is C1=COC(C2CCCCC2)C1. The Kier molecular flexibility index (Phi) is 2.16. The van der Waals surface area contributed by atoms with Gasteiger partial charge >= 0.3 is 0 Å². The molecule has 0 saturated heterocycles. The van der Waals surface area contributed by atoms with Gasteiger partial charge in [0.1, 0.15) is 6.10 Å². The normalized spacial score (nSPS) is 32.2. The largest absolute Gasteiger partial charge is 0.498 e. The fraction of sp³-hybridized carbons (Fsp3) is 0.800. The van der Waals surface area contributed by atoms with E-state index in [1.165, 1.54) is 32.1 Å². The van der Waals surface area contributed by atoms with Crippen LogP contribution in [-0.4, -0.2) is 6.10 Å². The van der Waals surface area contributed by atoms with Crippen molar-refractivity contribution in [2.24, 2.45) is 5.92 Å². The molecule has 1 aliphatic carbocycles. The molecule has 62 valence electrons. The maximum atomic E-state index is 5.51. The Balaban J connectivity index is 1.83. The molecular weight excluding hydrogens is 136 g/mol. The molecule has 1 aliphatic heterocycles. The molecule has 0 bridgehead atoms. The summed E-state index contributed by atoms with van der Waals surface area (Å²) in [4.78, 5) is 0. The third kappa shape index (κ3) is 1.58. The molecule has 0 radical (unpaired) electrons. The highest BCUT2D eigenvalue weighted by molar-refractivity contribution is 4.90. The van der Waals surface area contributed by atoms with E-state index in [1.54, 1.807) is 0 Å². The monoisotopic (exact) mass is 152 g/mol. The Morgan fingerprint density at radius 3 is 2.55 bits per heavy atom. The average molecular weight is 152 g/mol. The second kappa shape index (κ2) is 3.29. The smallest absolute Gasteiger partial charge is 0.104 e. The first-order chi connectivity index (χ1) is 5.47. The van der Waals surface area contributed by atoms with Gasteiger partial charge in [-0.1, -0.05) is 19.3 Å². The average Bonchev–Trinajstić information content (AvgIpc) is 2.58. The lowest BCUT2D eigenvalue weighted by atomic mass is 9.84. The van der Waals surface area contributed by atoms with Crippen LogP contribution < -0.4 is 0 Å². The van der Waals surface area contributed by atoms with Crippen LogP contribution in [0, 0.1) is 5.92 Å². The van der Waals surface area contributed by atoms with Gasteiger partial charge in [-0.2, -0.15) is 0 Å². The molecular formula is C10H16O. The summed E-state index contributed by atoms with van der Waals surface area (Å²) in [5.41, 5.74) is 0. The van der Waals surface area contributed by atoms with E-state index in [4.69, 9.17) is 4.74 Å². The molecule has 2 rings (SSSR count). The standard InChI is InChI=1S/C10H16O/c1-2-5-9(6-3-1)10-7-4-8-11-10/h4,8-10H,1-3,5-7H2. The number of hydrogen-bond donors (Lipinski definition) is 0. The zero-order valence-electron chi connectivity index (χ0n) is 6.96. The lowest BCUT2D eigenvalue weighted by Gasteiger charge is -2.26. The first-order valence-electron chi connectivity index (χ1n) is 4.77. The lowest BCUT2D eigenvalue weighted by molar-refractivity contribution is 0.0865. The minimum atomic E-state index is 0.537. The maximum absolute atomic E-state index is 5.51. The molecule has 0 aromatic rings. The Hall–Kier alpha value is -0.460. The molecule has 1 saturated carbocycles. The van der Waals surface area contributed by atoms with Gasteiger partial charge in [-0.3, -0.25) is 0 Å². The van der Waals surface area contributed by atoms with Crippen LogP contribution in [0.25, 0.3) is 0 Å². The van der Waals surface area contributed by atoms with E-state index in [9.17, 15) is 0 Å². The predicted octanol–water partition coefficient (Wildman–Crippen LogP) is 2.87. The molecule has 1 unspecified atom stereocenters. The molecule has 0 N–H and O–H groups in total. The van der Waals surface area contributed by atoms with E-state index < -0.39 is 0 Å². The van der Waals surface area contributed by atoms with Crippen LogP contribution in [0.15, 0.2) is 12.3 Å². The first-order valence-corrected chi connectivity index (χ1v) is 4.77. The highest BCUT2D eigenvalue weighted by atomic mass is 16.5. The van der Waals surface area contributed by atoms with Gasteiger partial charge in [0, 0.05) is 6.42 Å². The van der Waals surface area contributed by atoms with E-state index in [-0.39, 0.29) is 0 Å². The first kappa shape index (κ1) is 7.20. The zero-order chi connectivity index (χ0) is 7.52. The molecule has 11 heavy (non-hydrogen) atoms. The second-order valence-electron chi connectivity index (χ2n) is 3.68. The van der Waals surface area contributed by atoms with E-state index >= 15 is 0 Å². The maximum Gasteiger partial charge on any atom is 0.104 e. The molecule has 2 aliphatic rings. The summed E-state index contributed by atoms with van der Waals surface area (Å²) in [6, 6.07) is 0. The minimum absolute atomic E-state index is 0.537. The third-order valence-corrected chi connectivity index (χ3v) is 2.89. The van der Waals surface area contributed by atoms with Gasteiger partial charge < -0.3 is 4.74 Å².